The highest BCUT2D eigenvalue weighted by Crippen LogP contribution is 2.10. The largest absolute Gasteiger partial charge is 0.377 e. The Bertz CT molecular complexity index is 160. The molecule has 2 aliphatic heterocycles. The highest BCUT2D eigenvalue weighted by atomic mass is 16.5. The van der Waals surface area contributed by atoms with Gasteiger partial charge in [0, 0.05) is 13.1 Å². The van der Waals surface area contributed by atoms with E-state index in [1.54, 1.807) is 0 Å². The molecule has 0 aromatic rings. The molecule has 0 aromatic carbocycles. The van der Waals surface area contributed by atoms with Crippen molar-refractivity contribution in [2.45, 2.75) is 6.04 Å². The van der Waals surface area contributed by atoms with Gasteiger partial charge in [0.2, 0.25) is 0 Å². The lowest BCUT2D eigenvalue weighted by molar-refractivity contribution is 0.0300. The lowest BCUT2D eigenvalue weighted by atomic mass is 10.3. The van der Waals surface area contributed by atoms with Crippen LogP contribution in [0.5, 0.6) is 0 Å². The Balaban J connectivity index is 2.08. The summed E-state index contributed by atoms with van der Waals surface area (Å²) in [6.45, 7) is 2.87. The monoisotopic (exact) mass is 142 g/mol. The zero-order valence-electron chi connectivity index (χ0n) is 5.67. The topological polar surface area (TPSA) is 41.6 Å². The number of carbonyl (C=O) groups excluding carboxylic acids is 1. The number of nitrogens with one attached hydrogen (secondary N) is 1. The van der Waals surface area contributed by atoms with E-state index < -0.39 is 0 Å². The molecule has 4 nitrogen and oxygen atoms in total. The van der Waals surface area contributed by atoms with Crippen molar-refractivity contribution in [3.8, 4) is 0 Å². The van der Waals surface area contributed by atoms with Crippen LogP contribution >= 0.6 is 0 Å². The summed E-state index contributed by atoms with van der Waals surface area (Å²) < 4.78 is 5.20. The Morgan fingerprint density at radius 2 is 2.60 bits per heavy atom. The normalized spacial score (nSPS) is 31.8. The fourth-order valence-electron chi connectivity index (χ4n) is 1.40. The maximum absolute atomic E-state index is 11.0. The molecule has 2 saturated heterocycles. The van der Waals surface area contributed by atoms with Gasteiger partial charge in [0.1, 0.15) is 0 Å². The molecule has 0 aromatic heterocycles. The van der Waals surface area contributed by atoms with Crippen molar-refractivity contribution in [1.82, 2.24) is 10.2 Å². The third-order valence-corrected chi connectivity index (χ3v) is 1.98. The van der Waals surface area contributed by atoms with Crippen molar-refractivity contribution in [3.05, 3.63) is 0 Å². The Morgan fingerprint density at radius 1 is 1.70 bits per heavy atom. The Hall–Kier alpha value is -0.770. The van der Waals surface area contributed by atoms with Gasteiger partial charge in [-0.2, -0.15) is 0 Å². The second kappa shape index (κ2) is 2.12. The van der Waals surface area contributed by atoms with Crippen LogP contribution < -0.4 is 5.32 Å². The van der Waals surface area contributed by atoms with Crippen LogP contribution in [-0.4, -0.2) is 43.3 Å². The first kappa shape index (κ1) is 5.97. The van der Waals surface area contributed by atoms with Crippen LogP contribution in [0.2, 0.25) is 0 Å². The van der Waals surface area contributed by atoms with Gasteiger partial charge < -0.3 is 15.0 Å². The second-order valence-electron chi connectivity index (χ2n) is 2.61. The van der Waals surface area contributed by atoms with Crippen molar-refractivity contribution in [3.63, 3.8) is 0 Å². The van der Waals surface area contributed by atoms with Gasteiger partial charge in [-0.15, -0.1) is 0 Å². The van der Waals surface area contributed by atoms with E-state index >= 15 is 0 Å². The Morgan fingerprint density at radius 3 is 3.40 bits per heavy atom. The van der Waals surface area contributed by atoms with E-state index in [9.17, 15) is 4.79 Å². The zero-order valence-corrected chi connectivity index (χ0v) is 5.67. The van der Waals surface area contributed by atoms with Gasteiger partial charge in [0.25, 0.3) is 0 Å². The maximum atomic E-state index is 11.0. The summed E-state index contributed by atoms with van der Waals surface area (Å²) >= 11 is 0. The summed E-state index contributed by atoms with van der Waals surface area (Å²) in [5, 5.41) is 2.77. The number of ether oxygens (including phenoxy) is 1. The lowest BCUT2D eigenvalue weighted by Crippen LogP contribution is -2.43. The van der Waals surface area contributed by atoms with Crippen LogP contribution in [-0.2, 0) is 4.74 Å². The van der Waals surface area contributed by atoms with Crippen molar-refractivity contribution in [1.29, 1.82) is 0 Å². The molecule has 2 heterocycles. The molecule has 0 aliphatic carbocycles. The van der Waals surface area contributed by atoms with Crippen LogP contribution in [0, 0.1) is 0 Å². The molecule has 2 aliphatic rings. The van der Waals surface area contributed by atoms with Crippen LogP contribution in [0.4, 0.5) is 4.79 Å². The minimum atomic E-state index is 0.0632. The molecule has 0 bridgehead atoms. The summed E-state index contributed by atoms with van der Waals surface area (Å²) in [5.41, 5.74) is 0. The molecular weight excluding hydrogens is 132 g/mol. The second-order valence-corrected chi connectivity index (χ2v) is 2.61. The number of urea groups is 1. The predicted molar refractivity (Wildman–Crippen MR) is 34.7 cm³/mol. The molecule has 0 spiro atoms. The molecule has 0 unspecified atom stereocenters. The number of fused-ring (bicyclic) bond motifs is 1. The fraction of sp³-hybridized carbons (Fsp3) is 0.833. The Kier molecular flexibility index (Phi) is 1.27. The van der Waals surface area contributed by atoms with E-state index in [1.165, 1.54) is 0 Å². The van der Waals surface area contributed by atoms with E-state index in [0.717, 1.165) is 13.1 Å². The lowest BCUT2D eigenvalue weighted by Gasteiger charge is -2.27. The van der Waals surface area contributed by atoms with Gasteiger partial charge in [-0.3, -0.25) is 0 Å². The first-order valence-electron chi connectivity index (χ1n) is 3.50. The van der Waals surface area contributed by atoms with Gasteiger partial charge in [-0.25, -0.2) is 4.79 Å². The molecule has 0 saturated carbocycles. The van der Waals surface area contributed by atoms with Gasteiger partial charge in [-0.1, -0.05) is 0 Å². The molecule has 2 amide bonds. The van der Waals surface area contributed by atoms with Crippen molar-refractivity contribution in [2.75, 3.05) is 26.3 Å². The minimum Gasteiger partial charge on any atom is -0.377 e. The summed E-state index contributed by atoms with van der Waals surface area (Å²) in [5.74, 6) is 0. The van der Waals surface area contributed by atoms with E-state index in [1.807, 2.05) is 4.90 Å². The van der Waals surface area contributed by atoms with Crippen LogP contribution in [0.3, 0.4) is 0 Å². The van der Waals surface area contributed by atoms with Crippen molar-refractivity contribution >= 4 is 6.03 Å². The number of rotatable bonds is 0. The van der Waals surface area contributed by atoms with E-state index in [0.29, 0.717) is 19.3 Å². The molecule has 10 heavy (non-hydrogen) atoms. The molecule has 56 valence electrons. The van der Waals surface area contributed by atoms with E-state index in [4.69, 9.17) is 4.74 Å². The average molecular weight is 142 g/mol. The predicted octanol–water partition coefficient (Wildman–Crippen LogP) is -0.590. The van der Waals surface area contributed by atoms with Gasteiger partial charge in [0.05, 0.1) is 19.3 Å². The number of nitrogens with zero attached hydrogens (tertiary/aromatic N) is 1. The smallest absolute Gasteiger partial charge is 0.317 e. The standard InChI is InChI=1S/C6H10N2O2/c9-6-7-3-5-4-10-2-1-8(5)6/h5H,1-4H2,(H,7,9)/t5-/m1/s1. The molecule has 2 fully saturated rings. The quantitative estimate of drug-likeness (QED) is 0.491. The fourth-order valence-corrected chi connectivity index (χ4v) is 1.40. The molecular formula is C6H10N2O2. The number of hydrogen-bond donors (Lipinski definition) is 1. The summed E-state index contributed by atoms with van der Waals surface area (Å²) in [6, 6.07) is 0.356. The van der Waals surface area contributed by atoms with E-state index in [2.05, 4.69) is 5.32 Å². The molecule has 1 atom stereocenters. The minimum absolute atomic E-state index is 0.0632. The molecule has 2 rings (SSSR count). The van der Waals surface area contributed by atoms with Crippen LogP contribution in [0.1, 0.15) is 0 Å². The van der Waals surface area contributed by atoms with Crippen LogP contribution in [0.15, 0.2) is 0 Å². The Labute approximate surface area is 59.1 Å². The van der Waals surface area contributed by atoms with Gasteiger partial charge in [-0.05, 0) is 0 Å². The molecule has 0 radical (unpaired) electrons. The third-order valence-electron chi connectivity index (χ3n) is 1.98. The summed E-state index contributed by atoms with van der Waals surface area (Å²) in [4.78, 5) is 12.8. The first-order valence-corrected chi connectivity index (χ1v) is 3.50. The van der Waals surface area contributed by atoms with Crippen LogP contribution in [0.25, 0.3) is 0 Å². The summed E-state index contributed by atoms with van der Waals surface area (Å²) in [6.07, 6.45) is 0. The van der Waals surface area contributed by atoms with Gasteiger partial charge in [0.15, 0.2) is 0 Å². The molecule has 4 heteroatoms. The zero-order chi connectivity index (χ0) is 6.97. The number of morpholine rings is 1. The highest BCUT2D eigenvalue weighted by molar-refractivity contribution is 5.77. The number of carbonyl (C=O) groups is 1. The highest BCUT2D eigenvalue weighted by Gasteiger charge is 2.32. The average Bonchev–Trinajstić information content (AvgIpc) is 2.34. The number of hydrogen-bond acceptors (Lipinski definition) is 2. The van der Waals surface area contributed by atoms with Crippen molar-refractivity contribution in [2.24, 2.45) is 0 Å². The third kappa shape index (κ3) is 0.759. The first-order chi connectivity index (χ1) is 4.88. The number of amides is 2. The van der Waals surface area contributed by atoms with E-state index in [-0.39, 0.29) is 6.03 Å². The summed E-state index contributed by atoms with van der Waals surface area (Å²) in [7, 11) is 0. The maximum Gasteiger partial charge on any atom is 0.317 e. The SMILES string of the molecule is O=C1NC[C@@H]2COCCN12. The van der Waals surface area contributed by atoms with Crippen molar-refractivity contribution < 1.29 is 9.53 Å². The van der Waals surface area contributed by atoms with Gasteiger partial charge >= 0.3 is 6.03 Å². The molecule has 1 N–H and O–H groups in total.